The first-order chi connectivity index (χ1) is 12.6. The minimum atomic E-state index is -0.485. The van der Waals surface area contributed by atoms with Gasteiger partial charge in [0.25, 0.3) is 0 Å². The molecule has 0 atom stereocenters. The number of carbonyl (C=O) groups excluding carboxylic acids is 1. The van der Waals surface area contributed by atoms with Crippen LogP contribution in [-0.2, 0) is 14.3 Å². The number of halogens is 2. The summed E-state index contributed by atoms with van der Waals surface area (Å²) in [5, 5.41) is 0.339. The molecule has 0 bridgehead atoms. The van der Waals surface area contributed by atoms with E-state index < -0.39 is 5.97 Å². The predicted molar refractivity (Wildman–Crippen MR) is 103 cm³/mol. The van der Waals surface area contributed by atoms with Gasteiger partial charge in [-0.1, -0.05) is 66.2 Å². The van der Waals surface area contributed by atoms with Crippen molar-refractivity contribution in [2.24, 2.45) is 0 Å². The van der Waals surface area contributed by atoms with Crippen LogP contribution in [-0.4, -0.2) is 20.2 Å². The molecule has 26 heavy (non-hydrogen) atoms. The number of hydrogen-bond donors (Lipinski definition) is 0. The zero-order valence-corrected chi connectivity index (χ0v) is 15.2. The topological polar surface area (TPSA) is 35.5 Å². The molecule has 0 N–H and O–H groups in total. The van der Waals surface area contributed by atoms with E-state index in [0.29, 0.717) is 21.7 Å². The zero-order valence-electron chi connectivity index (χ0n) is 14.4. The summed E-state index contributed by atoms with van der Waals surface area (Å²) in [6, 6.07) is 11.6. The second-order valence-corrected chi connectivity index (χ2v) is 5.64. The van der Waals surface area contributed by atoms with Crippen LogP contribution in [0.3, 0.4) is 0 Å². The van der Waals surface area contributed by atoms with Crippen molar-refractivity contribution in [2.75, 3.05) is 14.2 Å². The molecule has 0 unspecified atom stereocenters. The Morgan fingerprint density at radius 1 is 1.04 bits per heavy atom. The third-order valence-electron chi connectivity index (χ3n) is 3.52. The number of methoxy groups -OCH3 is 2. The van der Waals surface area contributed by atoms with E-state index in [2.05, 4.69) is 0 Å². The van der Waals surface area contributed by atoms with Gasteiger partial charge >= 0.3 is 5.97 Å². The number of esters is 1. The maximum atomic E-state index is 13.1. The molecule has 0 saturated heterocycles. The summed E-state index contributed by atoms with van der Waals surface area (Å²) in [5.41, 5.74) is 2.53. The normalized spacial score (nSPS) is 11.9. The molecule has 3 nitrogen and oxygen atoms in total. The van der Waals surface area contributed by atoms with E-state index >= 15 is 0 Å². The lowest BCUT2D eigenvalue weighted by Crippen LogP contribution is -2.05. The molecule has 0 amide bonds. The number of ether oxygens (including phenoxy) is 2. The van der Waals surface area contributed by atoms with Crippen LogP contribution >= 0.6 is 11.6 Å². The molecule has 2 rings (SSSR count). The van der Waals surface area contributed by atoms with E-state index in [4.69, 9.17) is 21.1 Å². The Bertz CT molecular complexity index is 869. The lowest BCUT2D eigenvalue weighted by molar-refractivity contribution is -0.133. The first-order valence-corrected chi connectivity index (χ1v) is 8.15. The Kier molecular flexibility index (Phi) is 7.18. The summed E-state index contributed by atoms with van der Waals surface area (Å²) >= 11 is 5.99. The molecule has 0 saturated carbocycles. The van der Waals surface area contributed by atoms with Crippen molar-refractivity contribution in [3.63, 3.8) is 0 Å². The Morgan fingerprint density at radius 3 is 2.38 bits per heavy atom. The van der Waals surface area contributed by atoms with Crippen LogP contribution < -0.4 is 0 Å². The van der Waals surface area contributed by atoms with E-state index in [1.54, 1.807) is 24.3 Å². The van der Waals surface area contributed by atoms with Gasteiger partial charge in [-0.2, -0.15) is 0 Å². The first kappa shape index (κ1) is 19.5. The van der Waals surface area contributed by atoms with Gasteiger partial charge in [0.1, 0.15) is 11.4 Å². The highest BCUT2D eigenvalue weighted by molar-refractivity contribution is 6.32. The Morgan fingerprint density at radius 2 is 1.73 bits per heavy atom. The van der Waals surface area contributed by atoms with Crippen molar-refractivity contribution in [2.45, 2.75) is 0 Å². The second kappa shape index (κ2) is 9.59. The molecule has 0 heterocycles. The van der Waals surface area contributed by atoms with E-state index in [9.17, 15) is 9.18 Å². The van der Waals surface area contributed by atoms with E-state index in [1.807, 2.05) is 30.3 Å². The lowest BCUT2D eigenvalue weighted by atomic mass is 10.00. The molecule has 0 aliphatic carbocycles. The molecular weight excluding hydrogens is 355 g/mol. The van der Waals surface area contributed by atoms with Crippen molar-refractivity contribution in [1.82, 2.24) is 0 Å². The number of benzene rings is 2. The van der Waals surface area contributed by atoms with Gasteiger partial charge in [0.15, 0.2) is 0 Å². The van der Waals surface area contributed by atoms with Gasteiger partial charge in [-0.15, -0.1) is 0 Å². The maximum Gasteiger partial charge on any atom is 0.341 e. The van der Waals surface area contributed by atoms with Crippen LogP contribution in [0.5, 0.6) is 0 Å². The smallest absolute Gasteiger partial charge is 0.341 e. The van der Waals surface area contributed by atoms with Gasteiger partial charge in [-0.3, -0.25) is 0 Å². The van der Waals surface area contributed by atoms with Crippen LogP contribution in [0.25, 0.3) is 17.7 Å². The second-order valence-electron chi connectivity index (χ2n) is 5.23. The highest BCUT2D eigenvalue weighted by Gasteiger charge is 2.15. The fraction of sp³-hybridized carbons (Fsp3) is 0.0952. The van der Waals surface area contributed by atoms with Crippen molar-refractivity contribution in [1.29, 1.82) is 0 Å². The van der Waals surface area contributed by atoms with Crippen LogP contribution in [0.15, 0.2) is 60.9 Å². The average molecular weight is 373 g/mol. The molecule has 2 aromatic rings. The van der Waals surface area contributed by atoms with Crippen molar-refractivity contribution < 1.29 is 18.7 Å². The van der Waals surface area contributed by atoms with Crippen LogP contribution in [0.4, 0.5) is 4.39 Å². The molecule has 0 fully saturated rings. The number of rotatable bonds is 6. The Balaban J connectivity index is 2.27. The van der Waals surface area contributed by atoms with Gasteiger partial charge in [0.2, 0.25) is 0 Å². The maximum absolute atomic E-state index is 13.1. The quantitative estimate of drug-likeness (QED) is 0.296. The first-order valence-electron chi connectivity index (χ1n) is 7.77. The molecule has 0 aliphatic rings. The minimum Gasteiger partial charge on any atom is -0.503 e. The monoisotopic (exact) mass is 372 g/mol. The van der Waals surface area contributed by atoms with Crippen LogP contribution in [0, 0.1) is 5.82 Å². The summed E-state index contributed by atoms with van der Waals surface area (Å²) < 4.78 is 22.9. The standard InChI is InChI=1S/C21H18ClFO3/c1-25-14-19(21(24)26-2)18-10-6-5-8-15(18)7-3-4-9-16-11-12-17(23)13-20(16)22/h3-14H,1-2H3/b7-3+,9-4+,19-14+. The van der Waals surface area contributed by atoms with E-state index in [-0.39, 0.29) is 5.82 Å². The molecule has 0 aromatic heterocycles. The van der Waals surface area contributed by atoms with Gasteiger partial charge in [-0.05, 0) is 28.8 Å². The van der Waals surface area contributed by atoms with Gasteiger partial charge in [0.05, 0.1) is 25.5 Å². The molecule has 5 heteroatoms. The van der Waals surface area contributed by atoms with E-state index in [0.717, 1.165) is 5.56 Å². The summed E-state index contributed by atoms with van der Waals surface area (Å²) in [7, 11) is 2.79. The summed E-state index contributed by atoms with van der Waals surface area (Å²) in [6.07, 6.45) is 8.56. The fourth-order valence-electron chi connectivity index (χ4n) is 2.29. The summed E-state index contributed by atoms with van der Waals surface area (Å²) in [4.78, 5) is 12.0. The van der Waals surface area contributed by atoms with Crippen LogP contribution in [0.1, 0.15) is 16.7 Å². The van der Waals surface area contributed by atoms with E-state index in [1.165, 1.54) is 32.6 Å². The third-order valence-corrected chi connectivity index (χ3v) is 3.84. The Labute approximate surface area is 157 Å². The third kappa shape index (κ3) is 5.07. The molecule has 134 valence electrons. The largest absolute Gasteiger partial charge is 0.503 e. The number of hydrogen-bond acceptors (Lipinski definition) is 3. The SMILES string of the molecule is CO/C=C(/C(=O)OC)c1ccccc1/C=C/C=C/c1ccc(F)cc1Cl. The van der Waals surface area contributed by atoms with Crippen molar-refractivity contribution >= 4 is 35.3 Å². The van der Waals surface area contributed by atoms with Gasteiger partial charge in [0, 0.05) is 0 Å². The Hall–Kier alpha value is -2.85. The van der Waals surface area contributed by atoms with Crippen molar-refractivity contribution in [3.8, 4) is 0 Å². The highest BCUT2D eigenvalue weighted by Crippen LogP contribution is 2.22. The molecule has 0 aliphatic heterocycles. The summed E-state index contributed by atoms with van der Waals surface area (Å²) in [6.45, 7) is 0. The highest BCUT2D eigenvalue weighted by atomic mass is 35.5. The predicted octanol–water partition coefficient (Wildman–Crippen LogP) is 5.37. The van der Waals surface area contributed by atoms with Crippen molar-refractivity contribution in [3.05, 3.63) is 88.4 Å². The summed E-state index contributed by atoms with van der Waals surface area (Å²) in [5.74, 6) is -0.863. The number of allylic oxidation sites excluding steroid dienone is 2. The lowest BCUT2D eigenvalue weighted by Gasteiger charge is -2.08. The molecule has 0 radical (unpaired) electrons. The van der Waals surface area contributed by atoms with Gasteiger partial charge in [-0.25, -0.2) is 9.18 Å². The van der Waals surface area contributed by atoms with Crippen LogP contribution in [0.2, 0.25) is 5.02 Å². The fourth-order valence-corrected chi connectivity index (χ4v) is 2.52. The molecular formula is C21H18ClFO3. The molecule has 2 aromatic carbocycles. The minimum absolute atomic E-state index is 0.320. The average Bonchev–Trinajstić information content (AvgIpc) is 2.64. The number of carbonyl (C=O) groups is 1. The van der Waals surface area contributed by atoms with Gasteiger partial charge < -0.3 is 9.47 Å². The molecule has 0 spiro atoms. The zero-order chi connectivity index (χ0) is 18.9.